The van der Waals surface area contributed by atoms with Crippen LogP contribution in [-0.2, 0) is 15.0 Å². The van der Waals surface area contributed by atoms with E-state index >= 15 is 0 Å². The van der Waals surface area contributed by atoms with Gasteiger partial charge in [0.1, 0.15) is 17.3 Å². The van der Waals surface area contributed by atoms with Crippen LogP contribution in [0, 0.1) is 51.3 Å². The van der Waals surface area contributed by atoms with Crippen LogP contribution in [0.25, 0.3) is 5.69 Å². The van der Waals surface area contributed by atoms with Crippen molar-refractivity contribution in [3.8, 4) is 5.69 Å². The van der Waals surface area contributed by atoms with Crippen LogP contribution in [0.3, 0.4) is 0 Å². The van der Waals surface area contributed by atoms with Crippen LogP contribution in [0.4, 0.5) is 23.2 Å². The SMILES string of the molecule is C/C=N/Nc1ccc(F)cc1F.CC1(C)[C@H]2CC[C@]1(C)C(=O)C2C(=O)Cl.CC1(C)[C@H]2CC[C@]1(C)c1[nH]n(-c3ccc(F)cc3F)c(=O)c12. The highest BCUT2D eigenvalue weighted by Crippen LogP contribution is 2.67. The molecule has 3 fully saturated rings. The molecule has 1 unspecified atom stereocenters. The van der Waals surface area contributed by atoms with Crippen molar-refractivity contribution in [2.45, 2.75) is 85.5 Å². The largest absolute Gasteiger partial charge is 0.298 e. The highest BCUT2D eigenvalue weighted by Gasteiger charge is 2.67. The maximum absolute atomic E-state index is 14.0. The zero-order valence-corrected chi connectivity index (χ0v) is 28.9. The lowest BCUT2D eigenvalue weighted by Gasteiger charge is -2.34. The van der Waals surface area contributed by atoms with Gasteiger partial charge in [-0.25, -0.2) is 22.2 Å². The van der Waals surface area contributed by atoms with Crippen LogP contribution in [0.2, 0.25) is 0 Å². The van der Waals surface area contributed by atoms with E-state index in [0.717, 1.165) is 61.2 Å². The summed E-state index contributed by atoms with van der Waals surface area (Å²) in [4.78, 5) is 36.1. The number of hydrazone groups is 1. The molecule has 0 radical (unpaired) electrons. The molecule has 0 aliphatic heterocycles. The molecule has 2 aromatic carbocycles. The summed E-state index contributed by atoms with van der Waals surface area (Å²) < 4.78 is 53.5. The molecule has 0 spiro atoms. The maximum Gasteiger partial charge on any atom is 0.275 e. The Bertz CT molecular complexity index is 1870. The number of carbonyl (C=O) groups excluding carboxylic acids is 2. The van der Waals surface area contributed by atoms with Crippen LogP contribution in [0.5, 0.6) is 0 Å². The molecule has 2 N–H and O–H groups in total. The first-order chi connectivity index (χ1) is 22.3. The molecular formula is C36H41ClF4N4O3. The average Bonchev–Trinajstić information content (AvgIpc) is 3.64. The number of nitrogens with one attached hydrogen (secondary N) is 2. The van der Waals surface area contributed by atoms with Gasteiger partial charge in [-0.1, -0.05) is 41.5 Å². The maximum atomic E-state index is 14.0. The number of hydrogen-bond donors (Lipinski definition) is 2. The molecule has 7 nitrogen and oxygen atoms in total. The second-order valence-corrected chi connectivity index (χ2v) is 15.1. The van der Waals surface area contributed by atoms with Gasteiger partial charge in [0, 0.05) is 40.4 Å². The van der Waals surface area contributed by atoms with Crippen molar-refractivity contribution >= 4 is 34.5 Å². The van der Waals surface area contributed by atoms with Crippen LogP contribution in [0.1, 0.15) is 91.3 Å². The van der Waals surface area contributed by atoms with E-state index in [1.54, 1.807) is 6.92 Å². The minimum atomic E-state index is -0.737. The smallest absolute Gasteiger partial charge is 0.275 e. The molecule has 4 aliphatic rings. The van der Waals surface area contributed by atoms with Gasteiger partial charge < -0.3 is 0 Å². The number of halogens is 5. The fraction of sp³-hybridized carbons (Fsp3) is 0.500. The molecule has 12 heteroatoms. The minimum absolute atomic E-state index is 0.0216. The highest BCUT2D eigenvalue weighted by molar-refractivity contribution is 6.65. The summed E-state index contributed by atoms with van der Waals surface area (Å²) in [6.45, 7) is 14.4. The second kappa shape index (κ2) is 12.3. The molecule has 4 aliphatic carbocycles. The summed E-state index contributed by atoms with van der Waals surface area (Å²) in [5.41, 5.74) is 3.66. The second-order valence-electron chi connectivity index (χ2n) is 14.8. The van der Waals surface area contributed by atoms with Crippen LogP contribution in [-0.4, -0.2) is 27.0 Å². The lowest BCUT2D eigenvalue weighted by atomic mass is 9.70. The van der Waals surface area contributed by atoms with Gasteiger partial charge in [0.05, 0.1) is 11.6 Å². The summed E-state index contributed by atoms with van der Waals surface area (Å²) >= 11 is 5.50. The first-order valence-corrected chi connectivity index (χ1v) is 16.4. The number of carbonyl (C=O) groups is 2. The Balaban J connectivity index is 0.000000150. The van der Waals surface area contributed by atoms with Crippen molar-refractivity contribution < 1.29 is 27.2 Å². The molecular weight excluding hydrogens is 648 g/mol. The Hall–Kier alpha value is -3.73. The van der Waals surface area contributed by atoms with Gasteiger partial charge >= 0.3 is 0 Å². The number of nitrogens with zero attached hydrogens (tertiary/aromatic N) is 2. The Morgan fingerprint density at radius 1 is 0.917 bits per heavy atom. The van der Waals surface area contributed by atoms with Gasteiger partial charge in [-0.3, -0.25) is 24.9 Å². The van der Waals surface area contributed by atoms with Crippen molar-refractivity contribution in [2.24, 2.45) is 33.2 Å². The van der Waals surface area contributed by atoms with Crippen molar-refractivity contribution in [2.75, 3.05) is 5.43 Å². The number of aromatic amines is 1. The topological polar surface area (TPSA) is 96.3 Å². The Morgan fingerprint density at radius 2 is 1.52 bits per heavy atom. The predicted molar refractivity (Wildman–Crippen MR) is 178 cm³/mol. The van der Waals surface area contributed by atoms with Crippen LogP contribution in [0.15, 0.2) is 46.3 Å². The Labute approximate surface area is 282 Å². The van der Waals surface area contributed by atoms with E-state index in [4.69, 9.17) is 11.6 Å². The number of rotatable bonds is 4. The number of fused-ring (bicyclic) bond motifs is 7. The molecule has 3 aromatic rings. The monoisotopic (exact) mass is 688 g/mol. The van der Waals surface area contributed by atoms with E-state index in [0.29, 0.717) is 0 Å². The van der Waals surface area contributed by atoms with Crippen molar-refractivity contribution in [1.29, 1.82) is 0 Å². The fourth-order valence-electron chi connectivity index (χ4n) is 8.54. The summed E-state index contributed by atoms with van der Waals surface area (Å²) in [6, 6.07) is 6.51. The number of hydrogen-bond acceptors (Lipinski definition) is 5. The lowest BCUT2D eigenvalue weighted by molar-refractivity contribution is -0.135. The van der Waals surface area contributed by atoms with Gasteiger partial charge in [-0.15, -0.1) is 0 Å². The molecule has 0 amide bonds. The molecule has 4 bridgehead atoms. The van der Waals surface area contributed by atoms with Crippen LogP contribution < -0.4 is 11.0 Å². The number of benzene rings is 2. The van der Waals surface area contributed by atoms with E-state index < -0.39 is 34.4 Å². The van der Waals surface area contributed by atoms with E-state index in [9.17, 15) is 31.9 Å². The molecule has 258 valence electrons. The number of H-pyrrole nitrogens is 1. The minimum Gasteiger partial charge on any atom is -0.298 e. The van der Waals surface area contributed by atoms with E-state index in [1.807, 2.05) is 6.92 Å². The first kappa shape index (κ1) is 35.6. The predicted octanol–water partition coefficient (Wildman–Crippen LogP) is 8.39. The highest BCUT2D eigenvalue weighted by atomic mass is 35.5. The number of aromatic nitrogens is 2. The summed E-state index contributed by atoms with van der Waals surface area (Å²) in [6.07, 6.45) is 5.34. The number of anilines is 1. The van der Waals surface area contributed by atoms with E-state index in [1.165, 1.54) is 23.0 Å². The first-order valence-electron chi connectivity index (χ1n) is 16.1. The molecule has 0 saturated heterocycles. The molecule has 5 atom stereocenters. The Kier molecular flexibility index (Phi) is 9.12. The van der Waals surface area contributed by atoms with Gasteiger partial charge in [0.15, 0.2) is 17.4 Å². The van der Waals surface area contributed by atoms with Gasteiger partial charge in [-0.2, -0.15) is 5.10 Å². The third-order valence-corrected chi connectivity index (χ3v) is 12.5. The summed E-state index contributed by atoms with van der Waals surface area (Å²) in [5, 5.41) is 6.24. The standard InChI is InChI=1S/C17H18F2N2O.C11H15ClO2.C8H8F2N2/c1-16(2)10-6-7-17(16,3)14-13(10)15(22)21(20-14)12-5-4-9(18)8-11(12)19;1-10(2)6-4-5-11(10,3)8(13)7(6)9(12)14;1-2-11-12-8-4-3-6(9)5-7(8)10/h4-5,8,10,20H,6-7H2,1-3H3;6-7H,4-5H2,1-3H3;2-5,12H,1H3/b;;11-2+/t10-,17+;6-,7?,11+;/m00./s1. The van der Waals surface area contributed by atoms with Gasteiger partial charge in [-0.05, 0) is 91.1 Å². The molecule has 1 heterocycles. The third kappa shape index (κ3) is 5.33. The molecule has 48 heavy (non-hydrogen) atoms. The number of ketones is 1. The quantitative estimate of drug-likeness (QED) is 0.0946. The zero-order valence-electron chi connectivity index (χ0n) is 28.1. The van der Waals surface area contributed by atoms with Gasteiger partial charge in [0.2, 0.25) is 5.24 Å². The molecule has 7 rings (SSSR count). The normalized spacial score (nSPS) is 28.5. The third-order valence-electron chi connectivity index (χ3n) is 12.2. The summed E-state index contributed by atoms with van der Waals surface area (Å²) in [5.74, 6) is -2.75. The van der Waals surface area contributed by atoms with Crippen molar-refractivity contribution in [3.63, 3.8) is 0 Å². The number of Topliss-reactive ketones (excluding diaryl/α,β-unsaturated/α-hetero) is 1. The summed E-state index contributed by atoms with van der Waals surface area (Å²) in [7, 11) is 0. The van der Waals surface area contributed by atoms with E-state index in [-0.39, 0.29) is 56.2 Å². The molecule has 3 saturated carbocycles. The average molecular weight is 689 g/mol. The van der Waals surface area contributed by atoms with Crippen molar-refractivity contribution in [1.82, 2.24) is 9.78 Å². The van der Waals surface area contributed by atoms with Crippen LogP contribution >= 0.6 is 11.6 Å². The van der Waals surface area contributed by atoms with E-state index in [2.05, 4.69) is 50.2 Å². The van der Waals surface area contributed by atoms with Crippen molar-refractivity contribution in [3.05, 3.63) is 81.3 Å². The Morgan fingerprint density at radius 3 is 2.02 bits per heavy atom. The zero-order chi connectivity index (χ0) is 35.6. The lowest BCUT2D eigenvalue weighted by Crippen LogP contribution is -2.34. The fourth-order valence-corrected chi connectivity index (χ4v) is 8.79. The van der Waals surface area contributed by atoms with Gasteiger partial charge in [0.25, 0.3) is 5.56 Å². The molecule has 1 aromatic heterocycles.